The standard InChI is InChI=1S/C16H19Cl2NS/c1-4-7-19-16(14-8-10(2)20-11(14)3)13-6-5-12(17)9-15(13)18/h5-6,8-9,16,19H,4,7H2,1-3H3. The summed E-state index contributed by atoms with van der Waals surface area (Å²) >= 11 is 14.2. The molecule has 108 valence electrons. The third-order valence-corrected chi connectivity index (χ3v) is 4.81. The lowest BCUT2D eigenvalue weighted by Gasteiger charge is -2.20. The highest BCUT2D eigenvalue weighted by Crippen LogP contribution is 2.35. The molecule has 2 rings (SSSR count). The van der Waals surface area contributed by atoms with E-state index < -0.39 is 0 Å². The molecule has 4 heteroatoms. The molecule has 0 saturated carbocycles. The first-order valence-corrected chi connectivity index (χ1v) is 8.35. The first kappa shape index (κ1) is 15.8. The maximum absolute atomic E-state index is 6.39. The van der Waals surface area contributed by atoms with Gasteiger partial charge in [0.25, 0.3) is 0 Å². The molecule has 0 aliphatic carbocycles. The van der Waals surface area contributed by atoms with Crippen molar-refractivity contribution in [2.75, 3.05) is 6.54 Å². The Balaban J connectivity index is 2.44. The second-order valence-electron chi connectivity index (χ2n) is 4.92. The lowest BCUT2D eigenvalue weighted by molar-refractivity contribution is 0.598. The van der Waals surface area contributed by atoms with E-state index in [1.165, 1.54) is 15.3 Å². The third kappa shape index (κ3) is 3.56. The number of hydrogen-bond donors (Lipinski definition) is 1. The van der Waals surface area contributed by atoms with E-state index in [9.17, 15) is 0 Å². The van der Waals surface area contributed by atoms with Gasteiger partial charge in [-0.05, 0) is 56.1 Å². The molecule has 2 aromatic rings. The number of halogens is 2. The number of aryl methyl sites for hydroxylation is 2. The fourth-order valence-corrected chi connectivity index (χ4v) is 3.83. The molecule has 1 aromatic carbocycles. The summed E-state index contributed by atoms with van der Waals surface area (Å²) in [7, 11) is 0. The van der Waals surface area contributed by atoms with Crippen molar-refractivity contribution in [3.05, 3.63) is 55.2 Å². The van der Waals surface area contributed by atoms with Crippen molar-refractivity contribution in [2.45, 2.75) is 33.2 Å². The van der Waals surface area contributed by atoms with Crippen molar-refractivity contribution in [3.8, 4) is 0 Å². The van der Waals surface area contributed by atoms with E-state index in [4.69, 9.17) is 23.2 Å². The molecule has 0 fully saturated rings. The maximum atomic E-state index is 6.39. The lowest BCUT2D eigenvalue weighted by atomic mass is 9.98. The lowest BCUT2D eigenvalue weighted by Crippen LogP contribution is -2.23. The number of nitrogens with one attached hydrogen (secondary N) is 1. The Bertz CT molecular complexity index is 592. The molecule has 0 saturated heterocycles. The van der Waals surface area contributed by atoms with Gasteiger partial charge in [-0.15, -0.1) is 11.3 Å². The average Bonchev–Trinajstić information content (AvgIpc) is 2.71. The van der Waals surface area contributed by atoms with Crippen LogP contribution in [0.5, 0.6) is 0 Å². The molecule has 1 nitrogen and oxygen atoms in total. The number of hydrogen-bond acceptors (Lipinski definition) is 2. The van der Waals surface area contributed by atoms with Crippen molar-refractivity contribution >= 4 is 34.5 Å². The Morgan fingerprint density at radius 2 is 1.90 bits per heavy atom. The summed E-state index contributed by atoms with van der Waals surface area (Å²) in [6, 6.07) is 8.11. The van der Waals surface area contributed by atoms with E-state index >= 15 is 0 Å². The van der Waals surface area contributed by atoms with Crippen molar-refractivity contribution in [1.29, 1.82) is 0 Å². The molecule has 20 heavy (non-hydrogen) atoms. The Morgan fingerprint density at radius 3 is 2.45 bits per heavy atom. The van der Waals surface area contributed by atoms with E-state index in [0.717, 1.165) is 18.5 Å². The van der Waals surface area contributed by atoms with Crippen molar-refractivity contribution in [2.24, 2.45) is 0 Å². The molecule has 0 aliphatic rings. The molecule has 0 spiro atoms. The SMILES string of the molecule is CCCNC(c1ccc(Cl)cc1Cl)c1cc(C)sc1C. The van der Waals surface area contributed by atoms with E-state index in [0.29, 0.717) is 10.0 Å². The Labute approximate surface area is 134 Å². The van der Waals surface area contributed by atoms with Gasteiger partial charge in [-0.3, -0.25) is 0 Å². The Morgan fingerprint density at radius 1 is 1.15 bits per heavy atom. The van der Waals surface area contributed by atoms with Gasteiger partial charge >= 0.3 is 0 Å². The van der Waals surface area contributed by atoms with Crippen LogP contribution in [0.3, 0.4) is 0 Å². The summed E-state index contributed by atoms with van der Waals surface area (Å²) in [5.74, 6) is 0. The van der Waals surface area contributed by atoms with Crippen LogP contribution in [0.2, 0.25) is 10.0 Å². The fourth-order valence-electron chi connectivity index (χ4n) is 2.35. The molecular formula is C16H19Cl2NS. The van der Waals surface area contributed by atoms with Crippen molar-refractivity contribution in [1.82, 2.24) is 5.32 Å². The van der Waals surface area contributed by atoms with Crippen LogP contribution in [0, 0.1) is 13.8 Å². The quantitative estimate of drug-likeness (QED) is 0.736. The highest BCUT2D eigenvalue weighted by molar-refractivity contribution is 7.12. The van der Waals surface area contributed by atoms with Gasteiger partial charge in [0.05, 0.1) is 6.04 Å². The van der Waals surface area contributed by atoms with E-state index in [-0.39, 0.29) is 6.04 Å². The zero-order chi connectivity index (χ0) is 14.7. The minimum absolute atomic E-state index is 0.129. The Kier molecular flexibility index (Phi) is 5.50. The van der Waals surface area contributed by atoms with Gasteiger partial charge in [-0.25, -0.2) is 0 Å². The minimum Gasteiger partial charge on any atom is -0.306 e. The van der Waals surface area contributed by atoms with Gasteiger partial charge in [-0.2, -0.15) is 0 Å². The summed E-state index contributed by atoms with van der Waals surface area (Å²) in [6.45, 7) is 7.43. The maximum Gasteiger partial charge on any atom is 0.0602 e. The monoisotopic (exact) mass is 327 g/mol. The number of thiophene rings is 1. The average molecular weight is 328 g/mol. The molecular weight excluding hydrogens is 309 g/mol. The predicted octanol–water partition coefficient (Wildman–Crippen LogP) is 5.76. The van der Waals surface area contributed by atoms with Crippen LogP contribution in [0.25, 0.3) is 0 Å². The van der Waals surface area contributed by atoms with Crippen molar-refractivity contribution < 1.29 is 0 Å². The van der Waals surface area contributed by atoms with Crippen LogP contribution in [0.1, 0.15) is 40.3 Å². The molecule has 0 aliphatic heterocycles. The fraction of sp³-hybridized carbons (Fsp3) is 0.375. The molecule has 1 atom stereocenters. The second kappa shape index (κ2) is 6.95. The highest BCUT2D eigenvalue weighted by atomic mass is 35.5. The highest BCUT2D eigenvalue weighted by Gasteiger charge is 2.20. The summed E-state index contributed by atoms with van der Waals surface area (Å²) in [5.41, 5.74) is 2.40. The third-order valence-electron chi connectivity index (χ3n) is 3.26. The number of rotatable bonds is 5. The first-order chi connectivity index (χ1) is 9.52. The normalized spacial score (nSPS) is 12.7. The summed E-state index contributed by atoms with van der Waals surface area (Å²) in [4.78, 5) is 2.66. The summed E-state index contributed by atoms with van der Waals surface area (Å²) in [6.07, 6.45) is 1.09. The molecule has 1 N–H and O–H groups in total. The molecule has 0 amide bonds. The van der Waals surface area contributed by atoms with Crippen LogP contribution in [0.15, 0.2) is 24.3 Å². The number of benzene rings is 1. The van der Waals surface area contributed by atoms with E-state index in [1.54, 1.807) is 0 Å². The van der Waals surface area contributed by atoms with Crippen LogP contribution < -0.4 is 5.32 Å². The Hall–Kier alpha value is -0.540. The van der Waals surface area contributed by atoms with Crippen LogP contribution >= 0.6 is 34.5 Å². The van der Waals surface area contributed by atoms with Gasteiger partial charge in [0, 0.05) is 19.8 Å². The predicted molar refractivity (Wildman–Crippen MR) is 90.4 cm³/mol. The van der Waals surface area contributed by atoms with Gasteiger partial charge in [0.2, 0.25) is 0 Å². The molecule has 0 bridgehead atoms. The second-order valence-corrected chi connectivity index (χ2v) is 7.23. The van der Waals surface area contributed by atoms with E-state index in [2.05, 4.69) is 32.2 Å². The molecule has 1 heterocycles. The smallest absolute Gasteiger partial charge is 0.0602 e. The van der Waals surface area contributed by atoms with E-state index in [1.807, 2.05) is 29.5 Å². The first-order valence-electron chi connectivity index (χ1n) is 6.78. The van der Waals surface area contributed by atoms with Gasteiger partial charge in [0.1, 0.15) is 0 Å². The van der Waals surface area contributed by atoms with Gasteiger partial charge < -0.3 is 5.32 Å². The van der Waals surface area contributed by atoms with Crippen LogP contribution in [-0.4, -0.2) is 6.54 Å². The summed E-state index contributed by atoms with van der Waals surface area (Å²) in [5, 5.41) is 4.99. The molecule has 1 unspecified atom stereocenters. The molecule has 0 radical (unpaired) electrons. The van der Waals surface area contributed by atoms with Crippen LogP contribution in [-0.2, 0) is 0 Å². The summed E-state index contributed by atoms with van der Waals surface area (Å²) < 4.78 is 0. The van der Waals surface area contributed by atoms with Crippen molar-refractivity contribution in [3.63, 3.8) is 0 Å². The van der Waals surface area contributed by atoms with Gasteiger partial charge in [0.15, 0.2) is 0 Å². The minimum atomic E-state index is 0.129. The largest absolute Gasteiger partial charge is 0.306 e. The zero-order valence-corrected chi connectivity index (χ0v) is 14.3. The van der Waals surface area contributed by atoms with Gasteiger partial charge in [-0.1, -0.05) is 36.2 Å². The molecule has 1 aromatic heterocycles. The van der Waals surface area contributed by atoms with Crippen LogP contribution in [0.4, 0.5) is 0 Å². The zero-order valence-electron chi connectivity index (χ0n) is 12.0. The topological polar surface area (TPSA) is 12.0 Å².